The average Bonchev–Trinajstić information content (AvgIpc) is 3.04. The van der Waals surface area contributed by atoms with Gasteiger partial charge in [0.15, 0.2) is 0 Å². The number of hydrogen-bond donors (Lipinski definition) is 0. The Balaban J connectivity index is 1.69. The van der Waals surface area contributed by atoms with Gasteiger partial charge in [-0.2, -0.15) is 5.10 Å². The van der Waals surface area contributed by atoms with Crippen molar-refractivity contribution in [2.45, 2.75) is 39.0 Å². The molecule has 1 saturated heterocycles. The van der Waals surface area contributed by atoms with Crippen molar-refractivity contribution in [3.05, 3.63) is 47.8 Å². The van der Waals surface area contributed by atoms with Crippen LogP contribution in [0.2, 0.25) is 0 Å². The molecule has 0 aliphatic carbocycles. The van der Waals surface area contributed by atoms with E-state index in [0.29, 0.717) is 12.3 Å². The number of carbonyl (C=O) groups excluding carboxylic acids is 1. The zero-order chi connectivity index (χ0) is 15.5. The lowest BCUT2D eigenvalue weighted by atomic mass is 9.91. The summed E-state index contributed by atoms with van der Waals surface area (Å²) < 4.78 is 1.95. The Morgan fingerprint density at radius 2 is 2.09 bits per heavy atom. The predicted molar refractivity (Wildman–Crippen MR) is 87.1 cm³/mol. The summed E-state index contributed by atoms with van der Waals surface area (Å²) in [5, 5.41) is 4.51. The van der Waals surface area contributed by atoms with Crippen molar-refractivity contribution in [2.24, 2.45) is 0 Å². The highest BCUT2D eigenvalue weighted by atomic mass is 16.2. The van der Waals surface area contributed by atoms with E-state index >= 15 is 0 Å². The van der Waals surface area contributed by atoms with Crippen LogP contribution in [0.4, 0.5) is 0 Å². The molecular weight excluding hydrogens is 274 g/mol. The van der Waals surface area contributed by atoms with Crippen LogP contribution in [0.5, 0.6) is 0 Å². The number of benzene rings is 1. The molecule has 1 amide bonds. The standard InChI is InChI=1S/C18H23N3O/c1-3-18(22)20-9-7-15(8-10-20)16-12-19-21(13-16)17-6-4-5-14(2)11-17/h4-6,11-13,15H,3,7-10H2,1-2H3. The van der Waals surface area contributed by atoms with Crippen LogP contribution in [0.15, 0.2) is 36.7 Å². The molecule has 4 nitrogen and oxygen atoms in total. The summed E-state index contributed by atoms with van der Waals surface area (Å²) in [4.78, 5) is 13.7. The summed E-state index contributed by atoms with van der Waals surface area (Å²) >= 11 is 0. The number of rotatable bonds is 3. The molecule has 4 heteroatoms. The van der Waals surface area contributed by atoms with Gasteiger partial charge in [-0.15, -0.1) is 0 Å². The first kappa shape index (κ1) is 14.8. The molecule has 2 heterocycles. The van der Waals surface area contributed by atoms with Crippen LogP contribution in [0.25, 0.3) is 5.69 Å². The minimum absolute atomic E-state index is 0.272. The molecule has 116 valence electrons. The first-order valence-corrected chi connectivity index (χ1v) is 8.06. The van der Waals surface area contributed by atoms with E-state index in [1.807, 2.05) is 22.7 Å². The number of amides is 1. The molecule has 1 fully saturated rings. The number of aromatic nitrogens is 2. The van der Waals surface area contributed by atoms with Crippen LogP contribution in [-0.4, -0.2) is 33.7 Å². The molecule has 22 heavy (non-hydrogen) atoms. The van der Waals surface area contributed by atoms with Gasteiger partial charge in [-0.05, 0) is 48.9 Å². The third kappa shape index (κ3) is 3.06. The number of nitrogens with zero attached hydrogens (tertiary/aromatic N) is 3. The van der Waals surface area contributed by atoms with Gasteiger partial charge in [0.1, 0.15) is 0 Å². The molecule has 0 bridgehead atoms. The number of likely N-dealkylation sites (tertiary alicyclic amines) is 1. The van der Waals surface area contributed by atoms with E-state index in [2.05, 4.69) is 42.5 Å². The summed E-state index contributed by atoms with van der Waals surface area (Å²) in [7, 11) is 0. The monoisotopic (exact) mass is 297 g/mol. The van der Waals surface area contributed by atoms with Gasteiger partial charge >= 0.3 is 0 Å². The Morgan fingerprint density at radius 1 is 1.32 bits per heavy atom. The minimum atomic E-state index is 0.272. The summed E-state index contributed by atoms with van der Waals surface area (Å²) in [5.74, 6) is 0.786. The number of carbonyl (C=O) groups is 1. The first-order chi connectivity index (χ1) is 10.7. The Kier molecular flexibility index (Phi) is 4.27. The van der Waals surface area contributed by atoms with Crippen LogP contribution < -0.4 is 0 Å². The SMILES string of the molecule is CCC(=O)N1CCC(c2cnn(-c3cccc(C)c3)c2)CC1. The van der Waals surface area contributed by atoms with E-state index in [1.165, 1.54) is 11.1 Å². The van der Waals surface area contributed by atoms with Crippen molar-refractivity contribution >= 4 is 5.91 Å². The van der Waals surface area contributed by atoms with E-state index < -0.39 is 0 Å². The lowest BCUT2D eigenvalue weighted by Gasteiger charge is -2.31. The molecule has 1 aromatic carbocycles. The maximum Gasteiger partial charge on any atom is 0.222 e. The molecule has 1 aliphatic heterocycles. The molecule has 0 radical (unpaired) electrons. The second kappa shape index (κ2) is 6.34. The highest BCUT2D eigenvalue weighted by molar-refractivity contribution is 5.75. The molecule has 0 unspecified atom stereocenters. The highest BCUT2D eigenvalue weighted by Gasteiger charge is 2.23. The fourth-order valence-electron chi connectivity index (χ4n) is 3.15. The van der Waals surface area contributed by atoms with Gasteiger partial charge in [-0.1, -0.05) is 19.1 Å². The third-order valence-corrected chi connectivity index (χ3v) is 4.49. The van der Waals surface area contributed by atoms with Crippen LogP contribution in [0.3, 0.4) is 0 Å². The van der Waals surface area contributed by atoms with E-state index in [4.69, 9.17) is 0 Å². The van der Waals surface area contributed by atoms with Gasteiger partial charge in [0.25, 0.3) is 0 Å². The normalized spacial score (nSPS) is 16.0. The lowest BCUT2D eigenvalue weighted by molar-refractivity contribution is -0.131. The van der Waals surface area contributed by atoms with E-state index in [0.717, 1.165) is 31.6 Å². The fraction of sp³-hybridized carbons (Fsp3) is 0.444. The second-order valence-corrected chi connectivity index (χ2v) is 6.07. The topological polar surface area (TPSA) is 38.1 Å². The Labute approximate surface area is 131 Å². The van der Waals surface area contributed by atoms with Crippen LogP contribution in [0, 0.1) is 6.92 Å². The Hall–Kier alpha value is -2.10. The molecule has 0 atom stereocenters. The van der Waals surface area contributed by atoms with Crippen molar-refractivity contribution < 1.29 is 4.79 Å². The summed E-state index contributed by atoms with van der Waals surface area (Å²) in [6, 6.07) is 8.36. The average molecular weight is 297 g/mol. The Morgan fingerprint density at radius 3 is 2.77 bits per heavy atom. The van der Waals surface area contributed by atoms with E-state index in [-0.39, 0.29) is 5.91 Å². The molecule has 0 saturated carbocycles. The van der Waals surface area contributed by atoms with Gasteiger partial charge in [0, 0.05) is 25.7 Å². The van der Waals surface area contributed by atoms with Crippen LogP contribution in [0.1, 0.15) is 43.2 Å². The number of hydrogen-bond acceptors (Lipinski definition) is 2. The summed E-state index contributed by atoms with van der Waals surface area (Å²) in [5.41, 5.74) is 3.62. The molecule has 0 N–H and O–H groups in total. The zero-order valence-corrected chi connectivity index (χ0v) is 13.3. The lowest BCUT2D eigenvalue weighted by Crippen LogP contribution is -2.37. The Bertz CT molecular complexity index is 654. The fourth-order valence-corrected chi connectivity index (χ4v) is 3.15. The third-order valence-electron chi connectivity index (χ3n) is 4.49. The highest BCUT2D eigenvalue weighted by Crippen LogP contribution is 2.28. The second-order valence-electron chi connectivity index (χ2n) is 6.07. The maximum absolute atomic E-state index is 11.7. The summed E-state index contributed by atoms with van der Waals surface area (Å²) in [6.07, 6.45) is 6.79. The van der Waals surface area contributed by atoms with Crippen molar-refractivity contribution in [1.29, 1.82) is 0 Å². The van der Waals surface area contributed by atoms with E-state index in [1.54, 1.807) is 0 Å². The van der Waals surface area contributed by atoms with Crippen molar-refractivity contribution in [3.63, 3.8) is 0 Å². The molecular formula is C18H23N3O. The number of piperidine rings is 1. The molecule has 1 aliphatic rings. The van der Waals surface area contributed by atoms with Gasteiger partial charge in [0.2, 0.25) is 5.91 Å². The van der Waals surface area contributed by atoms with Gasteiger partial charge in [-0.3, -0.25) is 4.79 Å². The molecule has 2 aromatic rings. The molecule has 1 aromatic heterocycles. The van der Waals surface area contributed by atoms with Crippen molar-refractivity contribution in [3.8, 4) is 5.69 Å². The van der Waals surface area contributed by atoms with Gasteiger partial charge < -0.3 is 4.90 Å². The van der Waals surface area contributed by atoms with Crippen LogP contribution in [-0.2, 0) is 4.79 Å². The van der Waals surface area contributed by atoms with E-state index in [9.17, 15) is 4.79 Å². The largest absolute Gasteiger partial charge is 0.343 e. The van der Waals surface area contributed by atoms with Gasteiger partial charge in [0.05, 0.1) is 11.9 Å². The quantitative estimate of drug-likeness (QED) is 0.872. The predicted octanol–water partition coefficient (Wildman–Crippen LogP) is 3.30. The maximum atomic E-state index is 11.7. The number of aryl methyl sites for hydroxylation is 1. The summed E-state index contributed by atoms with van der Waals surface area (Å²) in [6.45, 7) is 5.76. The van der Waals surface area contributed by atoms with Crippen LogP contribution >= 0.6 is 0 Å². The van der Waals surface area contributed by atoms with Gasteiger partial charge in [-0.25, -0.2) is 4.68 Å². The minimum Gasteiger partial charge on any atom is -0.343 e. The first-order valence-electron chi connectivity index (χ1n) is 8.06. The molecule has 3 rings (SSSR count). The smallest absolute Gasteiger partial charge is 0.222 e. The molecule has 0 spiro atoms. The van der Waals surface area contributed by atoms with Crippen molar-refractivity contribution in [2.75, 3.05) is 13.1 Å². The zero-order valence-electron chi connectivity index (χ0n) is 13.3. The van der Waals surface area contributed by atoms with Crippen molar-refractivity contribution in [1.82, 2.24) is 14.7 Å².